The highest BCUT2D eigenvalue weighted by Crippen LogP contribution is 2.33. The summed E-state index contributed by atoms with van der Waals surface area (Å²) in [6.07, 6.45) is 6.50. The Kier molecular flexibility index (Phi) is 5.94. The van der Waals surface area contributed by atoms with E-state index in [-0.39, 0.29) is 12.0 Å². The molecule has 4 aromatic rings. The number of benzene rings is 1. The Bertz CT molecular complexity index is 1440. The third kappa shape index (κ3) is 4.59. The maximum Gasteiger partial charge on any atom is 0.419 e. The zero-order valence-corrected chi connectivity index (χ0v) is 20.7. The SMILES string of the molecule is CC(C)OC(=O)n1c(-c2cnn(C)c2)cc2cnc(Nc3ccc(C4C=NN(C)C4)cc3Cl)cc21. The molecule has 1 atom stereocenters. The van der Waals surface area contributed by atoms with Crippen LogP contribution in [0.2, 0.25) is 5.02 Å². The molecule has 4 heterocycles. The van der Waals surface area contributed by atoms with Gasteiger partial charge in [0.2, 0.25) is 0 Å². The second-order valence-corrected chi connectivity index (χ2v) is 9.31. The zero-order valence-electron chi connectivity index (χ0n) is 19.9. The summed E-state index contributed by atoms with van der Waals surface area (Å²) < 4.78 is 8.79. The highest BCUT2D eigenvalue weighted by atomic mass is 35.5. The van der Waals surface area contributed by atoms with Crippen LogP contribution in [-0.4, -0.2) is 56.3 Å². The van der Waals surface area contributed by atoms with E-state index >= 15 is 0 Å². The van der Waals surface area contributed by atoms with Gasteiger partial charge in [0.15, 0.2) is 0 Å². The quantitative estimate of drug-likeness (QED) is 0.410. The van der Waals surface area contributed by atoms with Crippen molar-refractivity contribution in [2.75, 3.05) is 18.9 Å². The predicted molar refractivity (Wildman–Crippen MR) is 138 cm³/mol. The molecule has 0 radical (unpaired) electrons. The van der Waals surface area contributed by atoms with Gasteiger partial charge in [-0.2, -0.15) is 10.2 Å². The first-order valence-corrected chi connectivity index (χ1v) is 11.7. The number of carbonyl (C=O) groups is 1. The molecule has 0 aliphatic carbocycles. The van der Waals surface area contributed by atoms with Crippen LogP contribution in [-0.2, 0) is 11.8 Å². The first-order chi connectivity index (χ1) is 16.8. The van der Waals surface area contributed by atoms with E-state index in [4.69, 9.17) is 16.3 Å². The molecule has 180 valence electrons. The van der Waals surface area contributed by atoms with Crippen molar-refractivity contribution in [1.82, 2.24) is 24.3 Å². The van der Waals surface area contributed by atoms with Crippen LogP contribution in [0.15, 0.2) is 54.0 Å². The van der Waals surface area contributed by atoms with Gasteiger partial charge >= 0.3 is 6.09 Å². The minimum atomic E-state index is -0.461. The van der Waals surface area contributed by atoms with Crippen molar-refractivity contribution in [2.24, 2.45) is 12.1 Å². The lowest BCUT2D eigenvalue weighted by molar-refractivity contribution is 0.118. The summed E-state index contributed by atoms with van der Waals surface area (Å²) in [5.74, 6) is 0.769. The third-order valence-corrected chi connectivity index (χ3v) is 6.11. The van der Waals surface area contributed by atoms with Crippen molar-refractivity contribution in [2.45, 2.75) is 25.9 Å². The molecule has 5 rings (SSSR count). The first-order valence-electron chi connectivity index (χ1n) is 11.3. The fraction of sp³-hybridized carbons (Fsp3) is 0.280. The van der Waals surface area contributed by atoms with Crippen LogP contribution in [0.5, 0.6) is 0 Å². The molecule has 3 aromatic heterocycles. The fourth-order valence-corrected chi connectivity index (χ4v) is 4.39. The lowest BCUT2D eigenvalue weighted by atomic mass is 10.0. The number of pyridine rings is 1. The molecule has 0 amide bonds. The molecule has 9 nitrogen and oxygen atoms in total. The summed E-state index contributed by atoms with van der Waals surface area (Å²) in [7, 11) is 3.78. The summed E-state index contributed by atoms with van der Waals surface area (Å²) in [6.45, 7) is 4.47. The van der Waals surface area contributed by atoms with Crippen molar-refractivity contribution in [1.29, 1.82) is 0 Å². The molecule has 1 N–H and O–H groups in total. The third-order valence-electron chi connectivity index (χ3n) is 5.79. The summed E-state index contributed by atoms with van der Waals surface area (Å²) in [6, 6.07) is 9.64. The number of carbonyl (C=O) groups excluding carboxylic acids is 1. The van der Waals surface area contributed by atoms with Crippen LogP contribution in [0, 0.1) is 0 Å². The topological polar surface area (TPSA) is 89.6 Å². The van der Waals surface area contributed by atoms with Crippen LogP contribution in [0.1, 0.15) is 25.3 Å². The second-order valence-electron chi connectivity index (χ2n) is 8.90. The number of halogens is 1. The number of aryl methyl sites for hydroxylation is 1. The number of nitrogens with zero attached hydrogens (tertiary/aromatic N) is 6. The normalized spacial score (nSPS) is 15.4. The number of rotatable bonds is 5. The smallest absolute Gasteiger partial charge is 0.419 e. The molecule has 0 bridgehead atoms. The van der Waals surface area contributed by atoms with Gasteiger partial charge in [0, 0.05) is 62.2 Å². The Morgan fingerprint density at radius 1 is 1.20 bits per heavy atom. The molecular weight excluding hydrogens is 466 g/mol. The zero-order chi connectivity index (χ0) is 24.7. The van der Waals surface area contributed by atoms with E-state index in [0.717, 1.165) is 28.7 Å². The van der Waals surface area contributed by atoms with Gasteiger partial charge in [0.25, 0.3) is 0 Å². The molecule has 0 saturated carbocycles. The van der Waals surface area contributed by atoms with Gasteiger partial charge in [0.05, 0.1) is 34.2 Å². The molecule has 10 heteroatoms. The Balaban J connectivity index is 1.50. The number of ether oxygens (including phenoxy) is 1. The monoisotopic (exact) mass is 491 g/mol. The minimum Gasteiger partial charge on any atom is -0.446 e. The molecule has 1 aromatic carbocycles. The van der Waals surface area contributed by atoms with E-state index in [1.807, 2.05) is 75.7 Å². The van der Waals surface area contributed by atoms with E-state index in [0.29, 0.717) is 22.1 Å². The van der Waals surface area contributed by atoms with E-state index < -0.39 is 6.09 Å². The average Bonchev–Trinajstić information content (AvgIpc) is 3.52. The van der Waals surface area contributed by atoms with Gasteiger partial charge in [-0.15, -0.1) is 0 Å². The van der Waals surface area contributed by atoms with Crippen molar-refractivity contribution < 1.29 is 9.53 Å². The molecule has 1 aliphatic heterocycles. The highest BCUT2D eigenvalue weighted by molar-refractivity contribution is 6.33. The van der Waals surface area contributed by atoms with Crippen LogP contribution < -0.4 is 5.32 Å². The van der Waals surface area contributed by atoms with Crippen molar-refractivity contribution in [3.05, 3.63) is 59.5 Å². The van der Waals surface area contributed by atoms with E-state index in [1.165, 1.54) is 0 Å². The number of hydrogen-bond acceptors (Lipinski definition) is 7. The molecule has 0 saturated heterocycles. The van der Waals surface area contributed by atoms with Crippen LogP contribution in [0.3, 0.4) is 0 Å². The van der Waals surface area contributed by atoms with Crippen LogP contribution in [0.4, 0.5) is 16.3 Å². The fourth-order valence-electron chi connectivity index (χ4n) is 4.15. The molecule has 0 spiro atoms. The first kappa shape index (κ1) is 22.9. The van der Waals surface area contributed by atoms with Gasteiger partial charge in [0.1, 0.15) is 5.82 Å². The summed E-state index contributed by atoms with van der Waals surface area (Å²) in [4.78, 5) is 17.6. The van der Waals surface area contributed by atoms with Crippen molar-refractivity contribution in [3.8, 4) is 11.3 Å². The number of hydrogen-bond donors (Lipinski definition) is 1. The van der Waals surface area contributed by atoms with Crippen LogP contribution in [0.25, 0.3) is 22.2 Å². The van der Waals surface area contributed by atoms with Crippen LogP contribution >= 0.6 is 11.6 Å². The lowest BCUT2D eigenvalue weighted by Crippen LogP contribution is -2.18. The molecular formula is C25H26ClN7O2. The molecule has 1 aliphatic rings. The minimum absolute atomic E-state index is 0.210. The summed E-state index contributed by atoms with van der Waals surface area (Å²) >= 11 is 6.60. The van der Waals surface area contributed by atoms with Gasteiger partial charge in [-0.05, 0) is 37.6 Å². The molecule has 1 unspecified atom stereocenters. The predicted octanol–water partition coefficient (Wildman–Crippen LogP) is 5.24. The Hall–Kier alpha value is -3.85. The Morgan fingerprint density at radius 2 is 2.03 bits per heavy atom. The van der Waals surface area contributed by atoms with Gasteiger partial charge in [-0.1, -0.05) is 17.7 Å². The van der Waals surface area contributed by atoms with Crippen molar-refractivity contribution >= 4 is 46.3 Å². The number of hydrazone groups is 1. The van der Waals surface area contributed by atoms with Gasteiger partial charge in [-0.25, -0.2) is 14.3 Å². The standard InChI is InChI=1S/C25H26ClN7O2/c1-15(2)35-25(34)33-22(19-12-29-32(4)14-19)8-17-10-27-24(9-23(17)33)30-21-6-5-16(7-20(21)26)18-11-28-31(3)13-18/h5-12,14-15,18H,13H2,1-4H3,(H,27,30). The number of nitrogens with one attached hydrogen (secondary N) is 1. The maximum atomic E-state index is 13.1. The number of anilines is 2. The Morgan fingerprint density at radius 3 is 2.69 bits per heavy atom. The maximum absolute atomic E-state index is 13.1. The summed E-state index contributed by atoms with van der Waals surface area (Å²) in [5.41, 5.74) is 3.98. The highest BCUT2D eigenvalue weighted by Gasteiger charge is 2.21. The average molecular weight is 492 g/mol. The number of aromatic nitrogens is 4. The molecule has 0 fully saturated rings. The lowest BCUT2D eigenvalue weighted by Gasteiger charge is -2.14. The van der Waals surface area contributed by atoms with E-state index in [2.05, 4.69) is 20.5 Å². The Labute approximate surface area is 208 Å². The number of fused-ring (bicyclic) bond motifs is 1. The number of likely N-dealkylation sites (N-methyl/N-ethyl adjacent to an activating group) is 1. The largest absolute Gasteiger partial charge is 0.446 e. The summed E-state index contributed by atoms with van der Waals surface area (Å²) in [5, 5.41) is 15.1. The van der Waals surface area contributed by atoms with Gasteiger partial charge < -0.3 is 10.1 Å². The van der Waals surface area contributed by atoms with E-state index in [1.54, 1.807) is 21.6 Å². The van der Waals surface area contributed by atoms with E-state index in [9.17, 15) is 4.79 Å². The second kappa shape index (κ2) is 9.07. The van der Waals surface area contributed by atoms with Crippen molar-refractivity contribution in [3.63, 3.8) is 0 Å². The van der Waals surface area contributed by atoms with Gasteiger partial charge in [-0.3, -0.25) is 9.69 Å². The molecule has 35 heavy (non-hydrogen) atoms.